The lowest BCUT2D eigenvalue weighted by molar-refractivity contribution is -0.141. The van der Waals surface area contributed by atoms with Gasteiger partial charge in [-0.15, -0.1) is 0 Å². The number of para-hydroxylation sites is 1. The molecule has 32 heavy (non-hydrogen) atoms. The lowest BCUT2D eigenvalue weighted by atomic mass is 9.97. The molecule has 2 aliphatic rings. The first-order chi connectivity index (χ1) is 15.3. The van der Waals surface area contributed by atoms with Gasteiger partial charge in [0.05, 0.1) is 42.1 Å². The molecule has 11 heteroatoms. The zero-order valence-electron chi connectivity index (χ0n) is 17.1. The smallest absolute Gasteiger partial charge is 0.364 e. The van der Waals surface area contributed by atoms with E-state index < -0.39 is 11.9 Å². The highest BCUT2D eigenvalue weighted by Gasteiger charge is 2.51. The molecule has 1 aliphatic heterocycles. The molecule has 3 aromatic rings. The number of nitrogens with one attached hydrogen (secondary N) is 1. The van der Waals surface area contributed by atoms with Gasteiger partial charge >= 0.3 is 6.18 Å². The average Bonchev–Trinajstić information content (AvgIpc) is 3.50. The summed E-state index contributed by atoms with van der Waals surface area (Å²) in [6.07, 6.45) is 1.99. The molecule has 1 saturated heterocycles. The highest BCUT2D eigenvalue weighted by atomic mass is 19.4. The molecule has 5 rings (SSSR count). The fraction of sp³-hybridized carbons (Fsp3) is 0.381. The van der Waals surface area contributed by atoms with E-state index >= 15 is 0 Å². The summed E-state index contributed by atoms with van der Waals surface area (Å²) < 4.78 is 38.2. The van der Waals surface area contributed by atoms with Gasteiger partial charge in [0.25, 0.3) is 5.91 Å². The van der Waals surface area contributed by atoms with E-state index in [9.17, 15) is 18.0 Å². The van der Waals surface area contributed by atoms with Crippen LogP contribution in [-0.2, 0) is 6.18 Å². The largest absolute Gasteiger partial charge is 0.434 e. The molecule has 166 valence electrons. The van der Waals surface area contributed by atoms with Crippen molar-refractivity contribution >= 4 is 11.7 Å². The Bertz CT molecular complexity index is 1120. The first kappa shape index (κ1) is 20.4. The number of aromatic nitrogens is 5. The number of anilines is 1. The maximum atomic E-state index is 13.6. The van der Waals surface area contributed by atoms with E-state index in [1.807, 2.05) is 17.9 Å². The van der Waals surface area contributed by atoms with Crippen LogP contribution in [0.5, 0.6) is 0 Å². The van der Waals surface area contributed by atoms with Crippen molar-refractivity contribution in [3.8, 4) is 5.69 Å². The fourth-order valence-electron chi connectivity index (χ4n) is 4.82. The van der Waals surface area contributed by atoms with Gasteiger partial charge < -0.3 is 10.2 Å². The van der Waals surface area contributed by atoms with Crippen LogP contribution in [0.2, 0.25) is 0 Å². The van der Waals surface area contributed by atoms with Crippen molar-refractivity contribution in [1.82, 2.24) is 29.9 Å². The Morgan fingerprint density at radius 3 is 2.50 bits per heavy atom. The maximum absolute atomic E-state index is 13.6. The molecule has 1 amide bonds. The van der Waals surface area contributed by atoms with Crippen LogP contribution in [-0.4, -0.2) is 53.9 Å². The number of amides is 1. The number of fused-ring (bicyclic) bond motifs is 2. The molecule has 1 saturated carbocycles. The molecule has 1 aliphatic carbocycles. The average molecular weight is 443 g/mol. The van der Waals surface area contributed by atoms with Crippen molar-refractivity contribution in [3.05, 3.63) is 60.3 Å². The van der Waals surface area contributed by atoms with E-state index in [-0.39, 0.29) is 29.9 Å². The molecular formula is C21H20F3N7O. The van der Waals surface area contributed by atoms with Gasteiger partial charge in [-0.1, -0.05) is 12.1 Å². The first-order valence-corrected chi connectivity index (χ1v) is 10.3. The Balaban J connectivity index is 1.38. The lowest BCUT2D eigenvalue weighted by Crippen LogP contribution is -2.51. The van der Waals surface area contributed by atoms with Crippen molar-refractivity contribution in [3.63, 3.8) is 0 Å². The van der Waals surface area contributed by atoms with Crippen molar-refractivity contribution in [1.29, 1.82) is 0 Å². The van der Waals surface area contributed by atoms with Crippen LogP contribution in [0, 0.1) is 5.92 Å². The first-order valence-electron chi connectivity index (χ1n) is 10.3. The van der Waals surface area contributed by atoms with Gasteiger partial charge in [-0.2, -0.15) is 28.2 Å². The number of hydrogen-bond donors (Lipinski definition) is 1. The molecule has 1 aromatic carbocycles. The third kappa shape index (κ3) is 3.47. The number of carbonyl (C=O) groups is 1. The van der Waals surface area contributed by atoms with E-state index in [2.05, 4.69) is 25.5 Å². The molecule has 3 heterocycles. The molecular weight excluding hydrogens is 423 g/mol. The molecule has 0 spiro atoms. The summed E-state index contributed by atoms with van der Waals surface area (Å²) in [5, 5.41) is 11.5. The standard InChI is InChI=1S/C21H20F3N7O/c1-12-13-8-15(29-19-11-25-18(10-26-19)21(22,23)24)17(9-13)30(12)20(32)14-4-2-3-5-16(14)31-27-6-7-28-31/h2-7,10-13,15,17H,8-9H2,1H3,(H,26,29)/t12-,13-,15+,17-/m1/s1. The molecule has 4 atom stereocenters. The molecule has 1 N–H and O–H groups in total. The number of rotatable bonds is 4. The van der Waals surface area contributed by atoms with Crippen LogP contribution >= 0.6 is 0 Å². The minimum Gasteiger partial charge on any atom is -0.364 e. The zero-order chi connectivity index (χ0) is 22.5. The van der Waals surface area contributed by atoms with E-state index in [0.717, 1.165) is 19.0 Å². The van der Waals surface area contributed by atoms with Crippen molar-refractivity contribution in [2.24, 2.45) is 5.92 Å². The van der Waals surface area contributed by atoms with Crippen molar-refractivity contribution in [2.75, 3.05) is 5.32 Å². The van der Waals surface area contributed by atoms with Gasteiger partial charge in [0.15, 0.2) is 5.69 Å². The Hall–Kier alpha value is -3.50. The molecule has 0 radical (unpaired) electrons. The molecule has 2 aromatic heterocycles. The third-order valence-electron chi connectivity index (χ3n) is 6.32. The molecule has 8 nitrogen and oxygen atoms in total. The van der Waals surface area contributed by atoms with Gasteiger partial charge in [-0.3, -0.25) is 4.79 Å². The van der Waals surface area contributed by atoms with Crippen LogP contribution in [0.3, 0.4) is 0 Å². The van der Waals surface area contributed by atoms with E-state index in [0.29, 0.717) is 23.4 Å². The van der Waals surface area contributed by atoms with Gasteiger partial charge in [0.1, 0.15) is 5.82 Å². The number of carbonyl (C=O) groups excluding carboxylic acids is 1. The van der Waals surface area contributed by atoms with Crippen LogP contribution in [0.25, 0.3) is 5.69 Å². The van der Waals surface area contributed by atoms with Gasteiger partial charge in [-0.05, 0) is 37.8 Å². The third-order valence-corrected chi connectivity index (χ3v) is 6.32. The number of benzene rings is 1. The Labute approximate surface area is 181 Å². The molecule has 2 bridgehead atoms. The minimum absolute atomic E-state index is 0.0443. The SMILES string of the molecule is C[C@@H]1[C@@H]2C[C@H](Nc3cnc(C(F)(F)F)cn3)[C@@H](C2)N1C(=O)c1ccccc1-n1nccn1. The fourth-order valence-corrected chi connectivity index (χ4v) is 4.82. The second-order valence-electron chi connectivity index (χ2n) is 8.12. The van der Waals surface area contributed by atoms with Crippen LogP contribution in [0.15, 0.2) is 49.1 Å². The number of halogens is 3. The van der Waals surface area contributed by atoms with Crippen molar-refractivity contribution < 1.29 is 18.0 Å². The number of likely N-dealkylation sites (tertiary alicyclic amines) is 1. The zero-order valence-corrected chi connectivity index (χ0v) is 17.1. The summed E-state index contributed by atoms with van der Waals surface area (Å²) in [6, 6.07) is 6.98. The topological polar surface area (TPSA) is 88.8 Å². The highest BCUT2D eigenvalue weighted by molar-refractivity contribution is 5.98. The minimum atomic E-state index is -4.53. The summed E-state index contributed by atoms with van der Waals surface area (Å²) in [4.78, 5) is 24.2. The Kier molecular flexibility index (Phi) is 4.83. The summed E-state index contributed by atoms with van der Waals surface area (Å²) in [7, 11) is 0. The van der Waals surface area contributed by atoms with Gasteiger partial charge in [0, 0.05) is 12.1 Å². The van der Waals surface area contributed by atoms with Gasteiger partial charge in [-0.25, -0.2) is 9.97 Å². The van der Waals surface area contributed by atoms with Crippen molar-refractivity contribution in [2.45, 2.75) is 44.1 Å². The second-order valence-corrected chi connectivity index (χ2v) is 8.12. The quantitative estimate of drug-likeness (QED) is 0.666. The molecule has 0 unspecified atom stereocenters. The van der Waals surface area contributed by atoms with E-state index in [4.69, 9.17) is 0 Å². The predicted octanol–water partition coefficient (Wildman–Crippen LogP) is 3.18. The maximum Gasteiger partial charge on any atom is 0.434 e. The lowest BCUT2D eigenvalue weighted by Gasteiger charge is -2.38. The number of hydrogen-bond acceptors (Lipinski definition) is 6. The monoisotopic (exact) mass is 443 g/mol. The summed E-state index contributed by atoms with van der Waals surface area (Å²) in [5.41, 5.74) is 0.0528. The number of nitrogens with zero attached hydrogens (tertiary/aromatic N) is 6. The van der Waals surface area contributed by atoms with E-state index in [1.54, 1.807) is 30.6 Å². The highest BCUT2D eigenvalue weighted by Crippen LogP contribution is 2.44. The normalized spacial score (nSPS) is 24.7. The van der Waals surface area contributed by atoms with Crippen LogP contribution in [0.4, 0.5) is 19.0 Å². The Morgan fingerprint density at radius 1 is 1.09 bits per heavy atom. The van der Waals surface area contributed by atoms with Gasteiger partial charge in [0.2, 0.25) is 0 Å². The predicted molar refractivity (Wildman–Crippen MR) is 108 cm³/mol. The number of alkyl halides is 3. The van der Waals surface area contributed by atoms with Crippen LogP contribution in [0.1, 0.15) is 35.8 Å². The number of piperidine rings is 1. The Morgan fingerprint density at radius 2 is 1.84 bits per heavy atom. The molecule has 2 fully saturated rings. The van der Waals surface area contributed by atoms with Crippen LogP contribution < -0.4 is 5.32 Å². The summed E-state index contributed by atoms with van der Waals surface area (Å²) in [5.74, 6) is 0.429. The summed E-state index contributed by atoms with van der Waals surface area (Å²) >= 11 is 0. The second kappa shape index (κ2) is 7.57. The summed E-state index contributed by atoms with van der Waals surface area (Å²) in [6.45, 7) is 2.03. The van der Waals surface area contributed by atoms with E-state index in [1.165, 1.54) is 4.80 Å².